The highest BCUT2D eigenvalue weighted by molar-refractivity contribution is 9.10. The fourth-order valence-corrected chi connectivity index (χ4v) is 5.99. The Hall–Kier alpha value is -3.03. The zero-order valence-electron chi connectivity index (χ0n) is 19.2. The van der Waals surface area contributed by atoms with Gasteiger partial charge in [-0.3, -0.25) is 4.79 Å². The molecule has 6 nitrogen and oxygen atoms in total. The van der Waals surface area contributed by atoms with E-state index in [1.165, 1.54) is 6.92 Å². The zero-order valence-corrected chi connectivity index (χ0v) is 20.8. The summed E-state index contributed by atoms with van der Waals surface area (Å²) >= 11 is 3.52. The molecule has 1 aliphatic carbocycles. The van der Waals surface area contributed by atoms with E-state index < -0.39 is 17.2 Å². The standard InChI is InChI=1S/C27H26BrNO5/c1-16(30)29-24-15-21(17-7-5-4-6-8-17)27(18-9-11-19(28)12-10-18)26(24,31)25-22(33-3)13-20(32-2)14-23(25)34-27/h4-14,21,24,31H,15H2,1-3H3,(H,29,30). The molecule has 7 heteroatoms. The Bertz CT molecular complexity index is 1230. The molecule has 5 rings (SSSR count). The molecule has 1 fully saturated rings. The van der Waals surface area contributed by atoms with Crippen molar-refractivity contribution in [3.8, 4) is 17.2 Å². The lowest BCUT2D eigenvalue weighted by atomic mass is 9.71. The first-order valence-electron chi connectivity index (χ1n) is 11.1. The number of nitrogens with one attached hydrogen (secondary N) is 1. The summed E-state index contributed by atoms with van der Waals surface area (Å²) in [5, 5.41) is 15.8. The molecule has 3 aromatic rings. The van der Waals surface area contributed by atoms with E-state index in [-0.39, 0.29) is 11.8 Å². The minimum atomic E-state index is -1.61. The molecule has 1 saturated carbocycles. The maximum Gasteiger partial charge on any atom is 0.217 e. The Morgan fingerprint density at radius 2 is 1.79 bits per heavy atom. The van der Waals surface area contributed by atoms with E-state index in [0.29, 0.717) is 29.2 Å². The van der Waals surface area contributed by atoms with Crippen LogP contribution in [0.3, 0.4) is 0 Å². The summed E-state index contributed by atoms with van der Waals surface area (Å²) < 4.78 is 19.0. The Kier molecular flexibility index (Phi) is 5.57. The average Bonchev–Trinajstić information content (AvgIpc) is 3.24. The third kappa shape index (κ3) is 3.14. The molecule has 3 aromatic carbocycles. The minimum Gasteiger partial charge on any atom is -0.496 e. The number of hydrogen-bond donors (Lipinski definition) is 2. The van der Waals surface area contributed by atoms with Crippen LogP contribution in [0.4, 0.5) is 0 Å². The summed E-state index contributed by atoms with van der Waals surface area (Å²) in [5.41, 5.74) is -0.507. The third-order valence-corrected chi connectivity index (χ3v) is 7.56. The van der Waals surface area contributed by atoms with Crippen molar-refractivity contribution in [3.05, 3.63) is 87.9 Å². The van der Waals surface area contributed by atoms with Crippen LogP contribution in [0, 0.1) is 0 Å². The molecule has 0 radical (unpaired) electrons. The highest BCUT2D eigenvalue weighted by Crippen LogP contribution is 2.68. The number of rotatable bonds is 5. The van der Waals surface area contributed by atoms with E-state index in [2.05, 4.69) is 21.2 Å². The third-order valence-electron chi connectivity index (χ3n) is 7.03. The van der Waals surface area contributed by atoms with E-state index in [1.54, 1.807) is 26.4 Å². The minimum absolute atomic E-state index is 0.224. The molecule has 176 valence electrons. The van der Waals surface area contributed by atoms with Gasteiger partial charge in [-0.1, -0.05) is 58.4 Å². The lowest BCUT2D eigenvalue weighted by Crippen LogP contribution is -2.56. The fourth-order valence-electron chi connectivity index (χ4n) is 5.72. The molecular weight excluding hydrogens is 498 g/mol. The van der Waals surface area contributed by atoms with Crippen LogP contribution in [-0.4, -0.2) is 31.3 Å². The summed E-state index contributed by atoms with van der Waals surface area (Å²) in [4.78, 5) is 12.3. The number of benzene rings is 3. The molecule has 0 bridgehead atoms. The van der Waals surface area contributed by atoms with Crippen LogP contribution in [-0.2, 0) is 16.0 Å². The molecule has 4 unspecified atom stereocenters. The first-order valence-corrected chi connectivity index (χ1v) is 11.9. The lowest BCUT2D eigenvalue weighted by Gasteiger charge is -2.41. The van der Waals surface area contributed by atoms with Gasteiger partial charge in [0, 0.05) is 29.4 Å². The van der Waals surface area contributed by atoms with Gasteiger partial charge < -0.3 is 24.6 Å². The highest BCUT2D eigenvalue weighted by atomic mass is 79.9. The number of halogens is 1. The molecule has 0 spiro atoms. The van der Waals surface area contributed by atoms with Gasteiger partial charge in [0.25, 0.3) is 0 Å². The summed E-state index contributed by atoms with van der Waals surface area (Å²) in [7, 11) is 3.12. The number of carbonyl (C=O) groups excluding carboxylic acids is 1. The van der Waals surface area contributed by atoms with Crippen LogP contribution in [0.5, 0.6) is 17.2 Å². The van der Waals surface area contributed by atoms with Crippen LogP contribution >= 0.6 is 15.9 Å². The van der Waals surface area contributed by atoms with Gasteiger partial charge in [0.15, 0.2) is 11.2 Å². The Morgan fingerprint density at radius 1 is 1.09 bits per heavy atom. The second-order valence-corrected chi connectivity index (χ2v) is 9.68. The van der Waals surface area contributed by atoms with Gasteiger partial charge in [0.1, 0.15) is 17.2 Å². The topological polar surface area (TPSA) is 77.0 Å². The molecule has 2 N–H and O–H groups in total. The van der Waals surface area contributed by atoms with Crippen molar-refractivity contribution in [2.24, 2.45) is 0 Å². The average molecular weight is 524 g/mol. The van der Waals surface area contributed by atoms with Crippen molar-refractivity contribution >= 4 is 21.8 Å². The predicted molar refractivity (Wildman–Crippen MR) is 131 cm³/mol. The van der Waals surface area contributed by atoms with Gasteiger partial charge in [0.2, 0.25) is 5.91 Å². The van der Waals surface area contributed by atoms with E-state index in [1.807, 2.05) is 54.6 Å². The molecular formula is C27H26BrNO5. The number of amides is 1. The number of fused-ring (bicyclic) bond motifs is 3. The summed E-state index contributed by atoms with van der Waals surface area (Å²) in [6.07, 6.45) is 0.477. The fraction of sp³-hybridized carbons (Fsp3) is 0.296. The van der Waals surface area contributed by atoms with Crippen LogP contribution in [0.25, 0.3) is 0 Å². The lowest BCUT2D eigenvalue weighted by molar-refractivity contribution is -0.131. The molecule has 1 heterocycles. The largest absolute Gasteiger partial charge is 0.496 e. The molecule has 34 heavy (non-hydrogen) atoms. The van der Waals surface area contributed by atoms with Gasteiger partial charge in [-0.25, -0.2) is 0 Å². The SMILES string of the molecule is COc1cc(OC)c2c(c1)OC1(c3ccc(Br)cc3)C(c3ccccc3)CC(NC(C)=O)C21O. The van der Waals surface area contributed by atoms with Gasteiger partial charge in [-0.15, -0.1) is 0 Å². The predicted octanol–water partition coefficient (Wildman–Crippen LogP) is 4.63. The van der Waals surface area contributed by atoms with Gasteiger partial charge in [-0.05, 0) is 29.7 Å². The first-order chi connectivity index (χ1) is 16.3. The Balaban J connectivity index is 1.84. The molecule has 0 aromatic heterocycles. The second kappa shape index (κ2) is 8.32. The number of carbonyl (C=O) groups is 1. The second-order valence-electron chi connectivity index (χ2n) is 8.77. The highest BCUT2D eigenvalue weighted by Gasteiger charge is 2.73. The van der Waals surface area contributed by atoms with Crippen LogP contribution in [0.2, 0.25) is 0 Å². The van der Waals surface area contributed by atoms with Crippen LogP contribution in [0.15, 0.2) is 71.2 Å². The van der Waals surface area contributed by atoms with Crippen molar-refractivity contribution in [1.29, 1.82) is 0 Å². The number of aliphatic hydroxyl groups is 1. The first kappa shape index (κ1) is 22.7. The summed E-state index contributed by atoms with van der Waals surface area (Å²) in [6, 6.07) is 20.6. The van der Waals surface area contributed by atoms with Crippen molar-refractivity contribution in [3.63, 3.8) is 0 Å². The van der Waals surface area contributed by atoms with Crippen molar-refractivity contribution < 1.29 is 24.1 Å². The van der Waals surface area contributed by atoms with E-state index in [0.717, 1.165) is 15.6 Å². The van der Waals surface area contributed by atoms with Crippen molar-refractivity contribution in [2.75, 3.05) is 14.2 Å². The number of ether oxygens (including phenoxy) is 3. The summed E-state index contributed by atoms with van der Waals surface area (Å²) in [6.45, 7) is 1.46. The van der Waals surface area contributed by atoms with Gasteiger partial charge >= 0.3 is 0 Å². The van der Waals surface area contributed by atoms with Gasteiger partial charge in [-0.2, -0.15) is 0 Å². The van der Waals surface area contributed by atoms with E-state index in [4.69, 9.17) is 14.2 Å². The normalized spacial score (nSPS) is 26.9. The van der Waals surface area contributed by atoms with Crippen LogP contribution < -0.4 is 19.5 Å². The van der Waals surface area contributed by atoms with E-state index in [9.17, 15) is 9.90 Å². The maximum absolute atomic E-state index is 12.8. The maximum atomic E-state index is 12.8. The number of methoxy groups -OCH3 is 2. The van der Waals surface area contributed by atoms with Crippen molar-refractivity contribution in [2.45, 2.75) is 36.5 Å². The Labute approximate surface area is 207 Å². The Morgan fingerprint density at radius 3 is 2.41 bits per heavy atom. The quantitative estimate of drug-likeness (QED) is 0.509. The molecule has 1 aliphatic heterocycles. The molecule has 0 saturated heterocycles. The monoisotopic (exact) mass is 523 g/mol. The van der Waals surface area contributed by atoms with Crippen molar-refractivity contribution in [1.82, 2.24) is 5.32 Å². The summed E-state index contributed by atoms with van der Waals surface area (Å²) in [5.74, 6) is 0.979. The van der Waals surface area contributed by atoms with E-state index >= 15 is 0 Å². The number of hydrogen-bond acceptors (Lipinski definition) is 5. The molecule has 2 aliphatic rings. The molecule has 1 amide bonds. The van der Waals surface area contributed by atoms with Gasteiger partial charge in [0.05, 0.1) is 25.8 Å². The molecule has 4 atom stereocenters. The smallest absolute Gasteiger partial charge is 0.217 e. The van der Waals surface area contributed by atoms with Crippen LogP contribution in [0.1, 0.15) is 36.0 Å². The zero-order chi connectivity index (χ0) is 24.1.